The molecule has 0 radical (unpaired) electrons. The number of hydrogen-bond acceptors (Lipinski definition) is 4. The van der Waals surface area contributed by atoms with E-state index in [9.17, 15) is 0 Å². The van der Waals surface area contributed by atoms with Crippen molar-refractivity contribution in [3.63, 3.8) is 0 Å². The Labute approximate surface area is 171 Å². The van der Waals surface area contributed by atoms with Gasteiger partial charge in [0.2, 0.25) is 0 Å². The minimum atomic E-state index is 0.356. The Bertz CT molecular complexity index is 998. The minimum Gasteiger partial charge on any atom is -0.465 e. The molecule has 2 aliphatic rings. The fourth-order valence-corrected chi connectivity index (χ4v) is 4.42. The molecule has 4 nitrogen and oxygen atoms in total. The van der Waals surface area contributed by atoms with E-state index in [1.165, 1.54) is 22.3 Å². The predicted molar refractivity (Wildman–Crippen MR) is 118 cm³/mol. The standard InChI is InChI=1S/C25H25N3O/c1-19(17-20-7-6-16-29-20)18-26-28-14-12-27(13-15-28)25-23-10-4-2-8-21(23)22-9-3-5-11-24(22)25/h2-11,16-18,25H,12-15H2,1H3. The number of piperazine rings is 1. The van der Waals surface area contributed by atoms with Crippen LogP contribution in [0.15, 0.2) is 82.0 Å². The van der Waals surface area contributed by atoms with E-state index < -0.39 is 0 Å². The summed E-state index contributed by atoms with van der Waals surface area (Å²) in [7, 11) is 0. The zero-order valence-electron chi connectivity index (χ0n) is 16.7. The summed E-state index contributed by atoms with van der Waals surface area (Å²) >= 11 is 0. The van der Waals surface area contributed by atoms with E-state index in [0.717, 1.165) is 37.5 Å². The van der Waals surface area contributed by atoms with E-state index in [2.05, 4.69) is 70.5 Å². The fourth-order valence-electron chi connectivity index (χ4n) is 4.42. The normalized spacial score (nSPS) is 17.7. The van der Waals surface area contributed by atoms with Crippen molar-refractivity contribution in [2.45, 2.75) is 13.0 Å². The van der Waals surface area contributed by atoms with Crippen molar-refractivity contribution in [2.24, 2.45) is 5.10 Å². The Hall–Kier alpha value is -3.11. The van der Waals surface area contributed by atoms with Gasteiger partial charge < -0.3 is 4.42 Å². The SMILES string of the molecule is CC(C=NN1CCN(C2c3ccccc3-c3ccccc32)CC1)=Cc1ccco1. The van der Waals surface area contributed by atoms with Crippen LogP contribution in [0.3, 0.4) is 0 Å². The molecule has 1 aliphatic heterocycles. The fraction of sp³-hybridized carbons (Fsp3) is 0.240. The maximum atomic E-state index is 5.37. The molecule has 0 amide bonds. The first-order chi connectivity index (χ1) is 14.3. The quantitative estimate of drug-likeness (QED) is 0.591. The molecule has 0 saturated carbocycles. The van der Waals surface area contributed by atoms with Gasteiger partial charge in [-0.1, -0.05) is 48.5 Å². The summed E-state index contributed by atoms with van der Waals surface area (Å²) < 4.78 is 5.37. The molecular formula is C25H25N3O. The smallest absolute Gasteiger partial charge is 0.126 e. The lowest BCUT2D eigenvalue weighted by atomic mass is 10.0. The molecule has 4 heteroatoms. The molecule has 2 aromatic carbocycles. The summed E-state index contributed by atoms with van der Waals surface area (Å²) in [6.07, 6.45) is 5.62. The molecule has 2 heterocycles. The molecule has 5 rings (SSSR count). The first-order valence-electron chi connectivity index (χ1n) is 10.2. The number of furan rings is 1. The van der Waals surface area contributed by atoms with Crippen LogP contribution in [0, 0.1) is 0 Å². The summed E-state index contributed by atoms with van der Waals surface area (Å²) in [5.41, 5.74) is 6.71. The van der Waals surface area contributed by atoms with Gasteiger partial charge in [-0.25, -0.2) is 0 Å². The maximum absolute atomic E-state index is 5.37. The second kappa shape index (κ2) is 7.72. The van der Waals surface area contributed by atoms with Crippen LogP contribution >= 0.6 is 0 Å². The summed E-state index contributed by atoms with van der Waals surface area (Å²) in [4.78, 5) is 2.60. The Morgan fingerprint density at radius 2 is 1.55 bits per heavy atom. The molecule has 0 atom stereocenters. The first kappa shape index (κ1) is 18.0. The highest BCUT2D eigenvalue weighted by Gasteiger charge is 2.33. The second-order valence-electron chi connectivity index (χ2n) is 7.72. The van der Waals surface area contributed by atoms with Crippen molar-refractivity contribution < 1.29 is 4.42 Å². The lowest BCUT2D eigenvalue weighted by Gasteiger charge is -2.37. The van der Waals surface area contributed by atoms with Crippen molar-refractivity contribution in [3.8, 4) is 11.1 Å². The molecule has 1 saturated heterocycles. The van der Waals surface area contributed by atoms with Gasteiger partial charge in [-0.05, 0) is 53.0 Å². The molecule has 1 fully saturated rings. The number of nitrogens with zero attached hydrogens (tertiary/aromatic N) is 3. The summed E-state index contributed by atoms with van der Waals surface area (Å²) in [6, 6.07) is 21.9. The lowest BCUT2D eigenvalue weighted by Crippen LogP contribution is -2.45. The van der Waals surface area contributed by atoms with Crippen molar-refractivity contribution in [3.05, 3.63) is 89.4 Å². The highest BCUT2D eigenvalue weighted by molar-refractivity contribution is 5.84. The van der Waals surface area contributed by atoms with Crippen molar-refractivity contribution in [2.75, 3.05) is 26.2 Å². The van der Waals surface area contributed by atoms with Gasteiger partial charge in [-0.3, -0.25) is 9.91 Å². The molecule has 0 bridgehead atoms. The third-order valence-corrected chi connectivity index (χ3v) is 5.79. The lowest BCUT2D eigenvalue weighted by molar-refractivity contribution is 0.114. The third-order valence-electron chi connectivity index (χ3n) is 5.79. The van der Waals surface area contributed by atoms with Crippen LogP contribution in [0.2, 0.25) is 0 Å². The van der Waals surface area contributed by atoms with Crippen LogP contribution in [0.25, 0.3) is 17.2 Å². The summed E-state index contributed by atoms with van der Waals surface area (Å²) in [5, 5.41) is 6.85. The molecular weight excluding hydrogens is 358 g/mol. The number of allylic oxidation sites excluding steroid dienone is 1. The zero-order chi connectivity index (χ0) is 19.6. The molecule has 1 aliphatic carbocycles. The number of hydrazone groups is 1. The molecule has 0 N–H and O–H groups in total. The van der Waals surface area contributed by atoms with Gasteiger partial charge in [-0.15, -0.1) is 0 Å². The van der Waals surface area contributed by atoms with Gasteiger partial charge in [0.15, 0.2) is 0 Å². The van der Waals surface area contributed by atoms with Gasteiger partial charge in [0.1, 0.15) is 5.76 Å². The zero-order valence-corrected chi connectivity index (χ0v) is 16.7. The average Bonchev–Trinajstić information content (AvgIpc) is 3.38. The molecule has 0 spiro atoms. The highest BCUT2D eigenvalue weighted by Crippen LogP contribution is 2.46. The van der Waals surface area contributed by atoms with Crippen LogP contribution in [0.1, 0.15) is 29.9 Å². The molecule has 1 aromatic heterocycles. The monoisotopic (exact) mass is 383 g/mol. The van der Waals surface area contributed by atoms with Crippen LogP contribution in [-0.4, -0.2) is 42.3 Å². The van der Waals surface area contributed by atoms with E-state index >= 15 is 0 Å². The van der Waals surface area contributed by atoms with Gasteiger partial charge in [0, 0.05) is 26.2 Å². The molecule has 0 unspecified atom stereocenters. The Morgan fingerprint density at radius 1 is 0.897 bits per heavy atom. The topological polar surface area (TPSA) is 32.0 Å². The van der Waals surface area contributed by atoms with Crippen molar-refractivity contribution >= 4 is 12.3 Å². The third kappa shape index (κ3) is 3.52. The van der Waals surface area contributed by atoms with Gasteiger partial charge in [0.05, 0.1) is 18.5 Å². The minimum absolute atomic E-state index is 0.356. The number of rotatable bonds is 4. The first-order valence-corrected chi connectivity index (χ1v) is 10.2. The van der Waals surface area contributed by atoms with E-state index in [0.29, 0.717) is 6.04 Å². The van der Waals surface area contributed by atoms with E-state index in [1.54, 1.807) is 6.26 Å². The number of benzene rings is 2. The summed E-state index contributed by atoms with van der Waals surface area (Å²) in [6.45, 7) is 5.93. The maximum Gasteiger partial charge on any atom is 0.126 e. The Balaban J connectivity index is 1.28. The van der Waals surface area contributed by atoms with Crippen LogP contribution in [0.5, 0.6) is 0 Å². The predicted octanol–water partition coefficient (Wildman–Crippen LogP) is 5.06. The number of fused-ring (bicyclic) bond motifs is 3. The van der Waals surface area contributed by atoms with Crippen molar-refractivity contribution in [1.29, 1.82) is 0 Å². The number of hydrogen-bond donors (Lipinski definition) is 0. The van der Waals surface area contributed by atoms with Crippen LogP contribution < -0.4 is 0 Å². The Morgan fingerprint density at radius 3 is 2.17 bits per heavy atom. The van der Waals surface area contributed by atoms with Crippen molar-refractivity contribution in [1.82, 2.24) is 9.91 Å². The van der Waals surface area contributed by atoms with E-state index in [-0.39, 0.29) is 0 Å². The van der Waals surface area contributed by atoms with Crippen LogP contribution in [-0.2, 0) is 0 Å². The largest absolute Gasteiger partial charge is 0.465 e. The summed E-state index contributed by atoms with van der Waals surface area (Å²) in [5.74, 6) is 0.859. The Kier molecular flexibility index (Phi) is 4.78. The van der Waals surface area contributed by atoms with E-state index in [4.69, 9.17) is 4.42 Å². The van der Waals surface area contributed by atoms with Crippen LogP contribution in [0.4, 0.5) is 0 Å². The molecule has 29 heavy (non-hydrogen) atoms. The van der Waals surface area contributed by atoms with E-state index in [1.807, 2.05) is 24.4 Å². The van der Waals surface area contributed by atoms with Gasteiger partial charge >= 0.3 is 0 Å². The second-order valence-corrected chi connectivity index (χ2v) is 7.72. The average molecular weight is 383 g/mol. The molecule has 146 valence electrons. The van der Waals surface area contributed by atoms with Gasteiger partial charge in [0.25, 0.3) is 0 Å². The van der Waals surface area contributed by atoms with Gasteiger partial charge in [-0.2, -0.15) is 5.10 Å². The molecule has 3 aromatic rings. The highest BCUT2D eigenvalue weighted by atomic mass is 16.3.